The number of aromatic nitrogens is 2. The lowest BCUT2D eigenvalue weighted by Gasteiger charge is -2.37. The van der Waals surface area contributed by atoms with Crippen molar-refractivity contribution in [3.63, 3.8) is 0 Å². The van der Waals surface area contributed by atoms with E-state index in [4.69, 9.17) is 21.4 Å². The minimum Gasteiger partial charge on any atom is -0.465 e. The van der Waals surface area contributed by atoms with Crippen molar-refractivity contribution in [2.24, 2.45) is 0 Å². The molecule has 1 aromatic rings. The van der Waals surface area contributed by atoms with Crippen molar-refractivity contribution in [3.05, 3.63) is 16.5 Å². The Labute approximate surface area is 127 Å². The highest BCUT2D eigenvalue weighted by molar-refractivity contribution is 6.28. The Bertz CT molecular complexity index is 569. The number of morpholine rings is 1. The van der Waals surface area contributed by atoms with Crippen molar-refractivity contribution < 1.29 is 14.6 Å². The third kappa shape index (κ3) is 2.75. The Balaban J connectivity index is 1.97. The summed E-state index contributed by atoms with van der Waals surface area (Å²) < 4.78 is 5.45. The second kappa shape index (κ2) is 5.65. The first kappa shape index (κ1) is 14.3. The first-order valence-corrected chi connectivity index (χ1v) is 7.31. The van der Waals surface area contributed by atoms with Crippen LogP contribution in [0.15, 0.2) is 0 Å². The minimum atomic E-state index is -0.934. The van der Waals surface area contributed by atoms with Gasteiger partial charge in [0.2, 0.25) is 5.28 Å². The lowest BCUT2D eigenvalue weighted by atomic mass is 10.0. The summed E-state index contributed by atoms with van der Waals surface area (Å²) in [5.41, 5.74) is 1.71. The largest absolute Gasteiger partial charge is 0.465 e. The number of carbonyl (C=O) groups is 1. The molecule has 21 heavy (non-hydrogen) atoms. The van der Waals surface area contributed by atoms with E-state index in [1.807, 2.05) is 0 Å². The van der Waals surface area contributed by atoms with Gasteiger partial charge in [0.15, 0.2) is 0 Å². The lowest BCUT2D eigenvalue weighted by molar-refractivity contribution is 0.0983. The fourth-order valence-electron chi connectivity index (χ4n) is 2.82. The molecule has 0 bridgehead atoms. The first-order chi connectivity index (χ1) is 10.1. The van der Waals surface area contributed by atoms with Gasteiger partial charge in [-0.3, -0.25) is 0 Å². The molecule has 3 rings (SSSR count). The minimum absolute atomic E-state index is 0.162. The van der Waals surface area contributed by atoms with E-state index in [9.17, 15) is 4.79 Å². The summed E-state index contributed by atoms with van der Waals surface area (Å²) in [5.74, 6) is 0.825. The number of hydrogen-bond acceptors (Lipinski definition) is 5. The van der Waals surface area contributed by atoms with Crippen LogP contribution in [0.4, 0.5) is 10.6 Å². The normalized spacial score (nSPS) is 22.1. The van der Waals surface area contributed by atoms with E-state index in [0.717, 1.165) is 17.9 Å². The van der Waals surface area contributed by atoms with Gasteiger partial charge in [0.25, 0.3) is 0 Å². The van der Waals surface area contributed by atoms with Crippen LogP contribution in [-0.2, 0) is 17.7 Å². The van der Waals surface area contributed by atoms with Crippen LogP contribution >= 0.6 is 11.6 Å². The molecule has 7 nitrogen and oxygen atoms in total. The van der Waals surface area contributed by atoms with Crippen molar-refractivity contribution >= 4 is 23.5 Å². The average Bonchev–Trinajstić information content (AvgIpc) is 2.46. The number of anilines is 1. The maximum absolute atomic E-state index is 11.1. The average molecular weight is 313 g/mol. The Morgan fingerprint density at radius 1 is 1.43 bits per heavy atom. The molecule has 1 aromatic heterocycles. The van der Waals surface area contributed by atoms with E-state index >= 15 is 0 Å². The zero-order chi connectivity index (χ0) is 15.0. The maximum Gasteiger partial charge on any atom is 0.407 e. The van der Waals surface area contributed by atoms with Crippen molar-refractivity contribution in [2.75, 3.05) is 31.2 Å². The lowest BCUT2D eigenvalue weighted by Crippen LogP contribution is -2.45. The Kier molecular flexibility index (Phi) is 3.86. The van der Waals surface area contributed by atoms with Gasteiger partial charge in [0.1, 0.15) is 5.82 Å². The fourth-order valence-corrected chi connectivity index (χ4v) is 3.01. The van der Waals surface area contributed by atoms with Gasteiger partial charge in [-0.2, -0.15) is 0 Å². The summed E-state index contributed by atoms with van der Waals surface area (Å²) in [6, 6.07) is 0.214. The van der Waals surface area contributed by atoms with Gasteiger partial charge < -0.3 is 19.6 Å². The van der Waals surface area contributed by atoms with Gasteiger partial charge in [0.05, 0.1) is 31.5 Å². The first-order valence-electron chi connectivity index (χ1n) is 6.94. The number of hydrogen-bond donors (Lipinski definition) is 1. The molecule has 0 spiro atoms. The Morgan fingerprint density at radius 3 is 2.95 bits per heavy atom. The molecule has 0 unspecified atom stereocenters. The van der Waals surface area contributed by atoms with Gasteiger partial charge in [-0.05, 0) is 24.9 Å². The van der Waals surface area contributed by atoms with E-state index < -0.39 is 6.09 Å². The summed E-state index contributed by atoms with van der Waals surface area (Å²) in [4.78, 5) is 23.2. The number of amides is 1. The molecule has 3 heterocycles. The second-order valence-corrected chi connectivity index (χ2v) is 5.65. The SMILES string of the molecule is C[C@H]1COCCN1c1nc(Cl)nc2c1CCN(C(=O)O)C2. The van der Waals surface area contributed by atoms with Crippen molar-refractivity contribution in [3.8, 4) is 0 Å². The fraction of sp³-hybridized carbons (Fsp3) is 0.615. The smallest absolute Gasteiger partial charge is 0.407 e. The van der Waals surface area contributed by atoms with Gasteiger partial charge in [-0.25, -0.2) is 14.8 Å². The van der Waals surface area contributed by atoms with Crippen LogP contribution in [0, 0.1) is 0 Å². The maximum atomic E-state index is 11.1. The third-order valence-electron chi connectivity index (χ3n) is 3.93. The highest BCUT2D eigenvalue weighted by atomic mass is 35.5. The zero-order valence-electron chi connectivity index (χ0n) is 11.8. The number of nitrogens with zero attached hydrogens (tertiary/aromatic N) is 4. The van der Waals surface area contributed by atoms with E-state index in [2.05, 4.69) is 21.8 Å². The summed E-state index contributed by atoms with van der Waals surface area (Å²) in [7, 11) is 0. The molecule has 0 aromatic carbocycles. The summed E-state index contributed by atoms with van der Waals surface area (Å²) >= 11 is 6.03. The highest BCUT2D eigenvalue weighted by Gasteiger charge is 2.29. The van der Waals surface area contributed by atoms with Crippen LogP contribution < -0.4 is 4.90 Å². The van der Waals surface area contributed by atoms with E-state index in [-0.39, 0.29) is 17.9 Å². The van der Waals surface area contributed by atoms with Crippen LogP contribution in [0.5, 0.6) is 0 Å². The monoisotopic (exact) mass is 312 g/mol. The van der Waals surface area contributed by atoms with Gasteiger partial charge >= 0.3 is 6.09 Å². The molecule has 0 radical (unpaired) electrons. The molecule has 1 saturated heterocycles. The standard InChI is InChI=1S/C13H17ClN4O3/c1-8-7-21-5-4-18(8)11-9-2-3-17(13(19)20)6-10(9)15-12(14)16-11/h8H,2-7H2,1H3,(H,19,20)/t8-/m0/s1. The van der Waals surface area contributed by atoms with Crippen LogP contribution in [0.3, 0.4) is 0 Å². The van der Waals surface area contributed by atoms with Gasteiger partial charge in [0, 0.05) is 18.7 Å². The van der Waals surface area contributed by atoms with Crippen LogP contribution in [0.25, 0.3) is 0 Å². The van der Waals surface area contributed by atoms with Crippen molar-refractivity contribution in [1.29, 1.82) is 0 Å². The van der Waals surface area contributed by atoms with Crippen molar-refractivity contribution in [2.45, 2.75) is 25.9 Å². The number of ether oxygens (including phenoxy) is 1. The van der Waals surface area contributed by atoms with E-state index in [1.54, 1.807) is 0 Å². The van der Waals surface area contributed by atoms with Crippen molar-refractivity contribution in [1.82, 2.24) is 14.9 Å². The van der Waals surface area contributed by atoms with E-state index in [0.29, 0.717) is 31.9 Å². The Morgan fingerprint density at radius 2 is 2.24 bits per heavy atom. The second-order valence-electron chi connectivity index (χ2n) is 5.31. The molecule has 0 saturated carbocycles. The van der Waals surface area contributed by atoms with Crippen LogP contribution in [0.1, 0.15) is 18.2 Å². The molecular formula is C13H17ClN4O3. The molecule has 114 valence electrons. The number of halogens is 1. The molecule has 2 aliphatic heterocycles. The highest BCUT2D eigenvalue weighted by Crippen LogP contribution is 2.29. The molecule has 8 heteroatoms. The molecule has 1 N–H and O–H groups in total. The summed E-state index contributed by atoms with van der Waals surface area (Å²) in [6.45, 7) is 4.86. The zero-order valence-corrected chi connectivity index (χ0v) is 12.5. The summed E-state index contributed by atoms with van der Waals surface area (Å²) in [5, 5.41) is 9.28. The molecule has 1 amide bonds. The Hall–Kier alpha value is -1.60. The number of fused-ring (bicyclic) bond motifs is 1. The van der Waals surface area contributed by atoms with Crippen LogP contribution in [0.2, 0.25) is 5.28 Å². The van der Waals surface area contributed by atoms with Gasteiger partial charge in [-0.1, -0.05) is 0 Å². The number of rotatable bonds is 1. The molecule has 0 aliphatic carbocycles. The number of carboxylic acid groups (broad SMARTS) is 1. The topological polar surface area (TPSA) is 78.8 Å². The van der Waals surface area contributed by atoms with E-state index in [1.165, 1.54) is 4.90 Å². The van der Waals surface area contributed by atoms with Crippen LogP contribution in [-0.4, -0.2) is 58.4 Å². The third-order valence-corrected chi connectivity index (χ3v) is 4.10. The summed E-state index contributed by atoms with van der Waals surface area (Å²) in [6.07, 6.45) is -0.324. The molecule has 2 aliphatic rings. The quantitative estimate of drug-likeness (QED) is 0.790. The predicted molar refractivity (Wildman–Crippen MR) is 76.8 cm³/mol. The molecule has 1 fully saturated rings. The van der Waals surface area contributed by atoms with Gasteiger partial charge in [-0.15, -0.1) is 0 Å². The predicted octanol–water partition coefficient (Wildman–Crippen LogP) is 1.39. The molecule has 1 atom stereocenters. The molecular weight excluding hydrogens is 296 g/mol.